The van der Waals surface area contributed by atoms with Crippen molar-refractivity contribution in [2.45, 2.75) is 0 Å². The molecule has 0 aliphatic heterocycles. The van der Waals surface area contributed by atoms with Crippen molar-refractivity contribution in [2.75, 3.05) is 38.6 Å². The van der Waals surface area contributed by atoms with Gasteiger partial charge in [0.1, 0.15) is 0 Å². The van der Waals surface area contributed by atoms with Crippen LogP contribution in [0, 0.1) is 0 Å². The highest BCUT2D eigenvalue weighted by Crippen LogP contribution is 2.10. The second-order valence-electron chi connectivity index (χ2n) is 3.78. The summed E-state index contributed by atoms with van der Waals surface area (Å²) >= 11 is 0. The number of likely N-dealkylation sites (N-methyl/N-ethyl adjacent to an activating group) is 2. The van der Waals surface area contributed by atoms with Gasteiger partial charge in [0.2, 0.25) is 5.91 Å². The number of hydrogen-bond donors (Lipinski definition) is 1. The van der Waals surface area contributed by atoms with E-state index < -0.39 is 0 Å². The number of benzene rings is 1. The van der Waals surface area contributed by atoms with Crippen molar-refractivity contribution < 1.29 is 4.79 Å². The number of nitrogens with zero attached hydrogens (tertiary/aromatic N) is 2. The molecule has 1 aromatic carbocycles. The van der Waals surface area contributed by atoms with E-state index in [-0.39, 0.29) is 37.3 Å². The molecule has 18 heavy (non-hydrogen) atoms. The molecule has 0 saturated heterocycles. The van der Waals surface area contributed by atoms with Crippen molar-refractivity contribution >= 4 is 36.4 Å². The number of anilines is 1. The molecule has 2 N–H and O–H groups in total. The monoisotopic (exact) mass is 293 g/mol. The molecule has 0 aliphatic rings. The van der Waals surface area contributed by atoms with Gasteiger partial charge in [0.25, 0.3) is 0 Å². The van der Waals surface area contributed by atoms with Gasteiger partial charge in [0.05, 0.1) is 6.54 Å². The number of amides is 1. The summed E-state index contributed by atoms with van der Waals surface area (Å²) in [5, 5.41) is 0. The summed E-state index contributed by atoms with van der Waals surface area (Å²) in [6, 6.07) is 10.1. The fraction of sp³-hybridized carbons (Fsp3) is 0.417. The third-order valence-corrected chi connectivity index (χ3v) is 2.57. The van der Waals surface area contributed by atoms with Crippen LogP contribution in [0.1, 0.15) is 0 Å². The predicted octanol–water partition coefficient (Wildman–Crippen LogP) is 1.38. The zero-order chi connectivity index (χ0) is 12.0. The Balaban J connectivity index is 0. The van der Waals surface area contributed by atoms with Crippen LogP contribution in [0.15, 0.2) is 30.3 Å². The van der Waals surface area contributed by atoms with Crippen LogP contribution in [0.5, 0.6) is 0 Å². The average molecular weight is 294 g/mol. The summed E-state index contributed by atoms with van der Waals surface area (Å²) < 4.78 is 0. The van der Waals surface area contributed by atoms with Gasteiger partial charge in [0.15, 0.2) is 0 Å². The maximum absolute atomic E-state index is 11.2. The van der Waals surface area contributed by atoms with Gasteiger partial charge in [-0.2, -0.15) is 0 Å². The lowest BCUT2D eigenvalue weighted by Crippen LogP contribution is -2.38. The first kappa shape index (κ1) is 19.4. The molecule has 0 unspecified atom stereocenters. The highest BCUT2D eigenvalue weighted by molar-refractivity contribution is 5.85. The summed E-state index contributed by atoms with van der Waals surface area (Å²) in [5.74, 6) is -0.0264. The average Bonchev–Trinajstić information content (AvgIpc) is 2.35. The topological polar surface area (TPSA) is 49.6 Å². The van der Waals surface area contributed by atoms with Gasteiger partial charge < -0.3 is 15.5 Å². The number of carbonyl (C=O) groups excluding carboxylic acids is 1. The number of hydrogen-bond acceptors (Lipinski definition) is 3. The Labute approximate surface area is 121 Å². The Hall–Kier alpha value is -0.970. The largest absolute Gasteiger partial charge is 0.373 e. The smallest absolute Gasteiger partial charge is 0.236 e. The van der Waals surface area contributed by atoms with Gasteiger partial charge >= 0.3 is 0 Å². The van der Waals surface area contributed by atoms with Crippen molar-refractivity contribution in [3.8, 4) is 0 Å². The predicted molar refractivity (Wildman–Crippen MR) is 80.9 cm³/mol. The minimum Gasteiger partial charge on any atom is -0.373 e. The van der Waals surface area contributed by atoms with Crippen molar-refractivity contribution in [3.05, 3.63) is 30.3 Å². The van der Waals surface area contributed by atoms with Crippen LogP contribution in [0.3, 0.4) is 0 Å². The van der Waals surface area contributed by atoms with Gasteiger partial charge in [0, 0.05) is 32.9 Å². The minimum atomic E-state index is -0.0264. The Morgan fingerprint density at radius 3 is 2.17 bits per heavy atom. The molecule has 0 radical (unpaired) electrons. The number of halogens is 2. The van der Waals surface area contributed by atoms with E-state index in [0.29, 0.717) is 6.54 Å². The zero-order valence-corrected chi connectivity index (χ0v) is 12.3. The zero-order valence-electron chi connectivity index (χ0n) is 10.7. The van der Waals surface area contributed by atoms with Crippen molar-refractivity contribution in [1.29, 1.82) is 0 Å². The van der Waals surface area contributed by atoms with Crippen molar-refractivity contribution in [3.63, 3.8) is 0 Å². The molecule has 0 saturated carbocycles. The van der Waals surface area contributed by atoms with Gasteiger partial charge in [-0.25, -0.2) is 0 Å². The molecule has 0 aromatic heterocycles. The Bertz CT molecular complexity index is 335. The van der Waals surface area contributed by atoms with Crippen LogP contribution in [-0.2, 0) is 4.79 Å². The molecule has 1 aromatic rings. The van der Waals surface area contributed by atoms with Crippen LogP contribution < -0.4 is 10.6 Å². The molecule has 104 valence electrons. The number of rotatable bonds is 5. The van der Waals surface area contributed by atoms with E-state index in [1.54, 1.807) is 11.9 Å². The van der Waals surface area contributed by atoms with Crippen LogP contribution >= 0.6 is 24.8 Å². The molecule has 0 bridgehead atoms. The van der Waals surface area contributed by atoms with E-state index in [1.807, 2.05) is 37.4 Å². The standard InChI is InChI=1S/C12H19N3O.2ClH/c1-14(11-6-4-3-5-7-11)8-9-15(2)12(16)10-13;;/h3-7H,8-10,13H2,1-2H3;2*1H. The minimum absolute atomic E-state index is 0. The second-order valence-corrected chi connectivity index (χ2v) is 3.78. The van der Waals surface area contributed by atoms with Crippen molar-refractivity contribution in [1.82, 2.24) is 4.90 Å². The SMILES string of the molecule is CN(CCN(C)c1ccccc1)C(=O)CN.Cl.Cl. The maximum atomic E-state index is 11.2. The first-order valence-electron chi connectivity index (χ1n) is 5.35. The first-order chi connectivity index (χ1) is 7.65. The molecule has 0 spiro atoms. The van der Waals surface area contributed by atoms with E-state index in [9.17, 15) is 4.79 Å². The Kier molecular flexibility index (Phi) is 10.8. The Morgan fingerprint density at radius 1 is 1.11 bits per heavy atom. The summed E-state index contributed by atoms with van der Waals surface area (Å²) in [7, 11) is 3.78. The molecule has 0 aliphatic carbocycles. The molecular weight excluding hydrogens is 273 g/mol. The van der Waals surface area contributed by atoms with E-state index in [1.165, 1.54) is 0 Å². The number of carbonyl (C=O) groups is 1. The third-order valence-electron chi connectivity index (χ3n) is 2.57. The van der Waals surface area contributed by atoms with Gasteiger partial charge in [-0.15, -0.1) is 24.8 Å². The van der Waals surface area contributed by atoms with Gasteiger partial charge in [-0.1, -0.05) is 18.2 Å². The van der Waals surface area contributed by atoms with E-state index in [0.717, 1.165) is 12.2 Å². The van der Waals surface area contributed by atoms with Crippen LogP contribution in [-0.4, -0.2) is 44.5 Å². The quantitative estimate of drug-likeness (QED) is 0.892. The van der Waals surface area contributed by atoms with Crippen LogP contribution in [0.25, 0.3) is 0 Å². The lowest BCUT2D eigenvalue weighted by atomic mass is 10.3. The molecule has 0 heterocycles. The lowest BCUT2D eigenvalue weighted by molar-refractivity contribution is -0.128. The molecule has 1 amide bonds. The molecule has 4 nitrogen and oxygen atoms in total. The third kappa shape index (κ3) is 6.10. The molecule has 1 rings (SSSR count). The number of para-hydroxylation sites is 1. The maximum Gasteiger partial charge on any atom is 0.236 e. The fourth-order valence-electron chi connectivity index (χ4n) is 1.39. The molecule has 6 heteroatoms. The van der Waals surface area contributed by atoms with Crippen molar-refractivity contribution in [2.24, 2.45) is 5.73 Å². The normalized spacial score (nSPS) is 8.83. The summed E-state index contributed by atoms with van der Waals surface area (Å²) in [4.78, 5) is 15.0. The van der Waals surface area contributed by atoms with Gasteiger partial charge in [-0.05, 0) is 12.1 Å². The highest BCUT2D eigenvalue weighted by atomic mass is 35.5. The van der Waals surface area contributed by atoms with Crippen LogP contribution in [0.4, 0.5) is 5.69 Å². The Morgan fingerprint density at radius 2 is 1.67 bits per heavy atom. The summed E-state index contributed by atoms with van der Waals surface area (Å²) in [6.45, 7) is 1.55. The molecular formula is C12H21Cl2N3O. The van der Waals surface area contributed by atoms with E-state index >= 15 is 0 Å². The molecule has 0 fully saturated rings. The molecule has 0 atom stereocenters. The number of nitrogens with two attached hydrogens (primary N) is 1. The first-order valence-corrected chi connectivity index (χ1v) is 5.35. The summed E-state index contributed by atoms with van der Waals surface area (Å²) in [6.07, 6.45) is 0. The fourth-order valence-corrected chi connectivity index (χ4v) is 1.39. The lowest BCUT2D eigenvalue weighted by Gasteiger charge is -2.23. The van der Waals surface area contributed by atoms with Crippen LogP contribution in [0.2, 0.25) is 0 Å². The van der Waals surface area contributed by atoms with Gasteiger partial charge in [-0.3, -0.25) is 4.79 Å². The second kappa shape index (κ2) is 10.00. The summed E-state index contributed by atoms with van der Waals surface area (Å²) in [5.41, 5.74) is 6.43. The highest BCUT2D eigenvalue weighted by Gasteiger charge is 2.07. The van der Waals surface area contributed by atoms with E-state index in [4.69, 9.17) is 5.73 Å². The van der Waals surface area contributed by atoms with E-state index in [2.05, 4.69) is 4.90 Å².